The van der Waals surface area contributed by atoms with Gasteiger partial charge in [0, 0.05) is 25.2 Å². The number of benzene rings is 1. The van der Waals surface area contributed by atoms with Gasteiger partial charge in [-0.25, -0.2) is 0 Å². The smallest absolute Gasteiger partial charge is 0.119 e. The van der Waals surface area contributed by atoms with Gasteiger partial charge < -0.3 is 15.0 Å². The molecule has 0 aromatic heterocycles. The molecule has 1 aromatic carbocycles. The Kier molecular flexibility index (Phi) is 7.76. The second kappa shape index (κ2) is 9.06. The highest BCUT2D eigenvalue weighted by molar-refractivity contribution is 5.28. The van der Waals surface area contributed by atoms with Crippen molar-refractivity contribution >= 4 is 0 Å². The molecule has 0 spiro atoms. The maximum atomic E-state index is 5.71. The molecule has 0 bridgehead atoms. The molecule has 1 aromatic rings. The zero-order chi connectivity index (χ0) is 15.8. The summed E-state index contributed by atoms with van der Waals surface area (Å²) < 4.78 is 5.71. The molecule has 0 fully saturated rings. The Bertz CT molecular complexity index is 387. The fourth-order valence-electron chi connectivity index (χ4n) is 1.95. The van der Waals surface area contributed by atoms with Gasteiger partial charge in [0.15, 0.2) is 0 Å². The van der Waals surface area contributed by atoms with Crippen molar-refractivity contribution in [1.29, 1.82) is 0 Å². The standard InChI is InChI=1S/C18H32N2O/c1-14(2)13-21-18-9-7-17(8-10-18)16(5)19-11-12-20(6)15(3)4/h7-10,14-16,19H,11-13H2,1-6H3. The highest BCUT2D eigenvalue weighted by atomic mass is 16.5. The molecule has 0 saturated heterocycles. The van der Waals surface area contributed by atoms with Gasteiger partial charge in [-0.1, -0.05) is 26.0 Å². The van der Waals surface area contributed by atoms with E-state index in [0.717, 1.165) is 25.4 Å². The number of hydrogen-bond donors (Lipinski definition) is 1. The SMILES string of the molecule is CC(C)COc1ccc(C(C)NCCN(C)C(C)C)cc1. The summed E-state index contributed by atoms with van der Waals surface area (Å²) in [6.45, 7) is 13.8. The first kappa shape index (κ1) is 18.0. The van der Waals surface area contributed by atoms with Gasteiger partial charge in [-0.3, -0.25) is 0 Å². The monoisotopic (exact) mass is 292 g/mol. The number of ether oxygens (including phenoxy) is 1. The second-order valence-corrected chi connectivity index (χ2v) is 6.52. The van der Waals surface area contributed by atoms with Crippen LogP contribution in [0.15, 0.2) is 24.3 Å². The van der Waals surface area contributed by atoms with Crippen molar-refractivity contribution in [3.8, 4) is 5.75 Å². The summed E-state index contributed by atoms with van der Waals surface area (Å²) in [5, 5.41) is 3.57. The van der Waals surface area contributed by atoms with Crippen LogP contribution in [0.5, 0.6) is 5.75 Å². The van der Waals surface area contributed by atoms with Crippen LogP contribution >= 0.6 is 0 Å². The third kappa shape index (κ3) is 6.96. The van der Waals surface area contributed by atoms with Gasteiger partial charge in [-0.15, -0.1) is 0 Å². The minimum atomic E-state index is 0.365. The summed E-state index contributed by atoms with van der Waals surface area (Å²) in [4.78, 5) is 2.35. The van der Waals surface area contributed by atoms with Gasteiger partial charge in [0.25, 0.3) is 0 Å². The predicted molar refractivity (Wildman–Crippen MR) is 91.0 cm³/mol. The van der Waals surface area contributed by atoms with Crippen LogP contribution in [0, 0.1) is 5.92 Å². The van der Waals surface area contributed by atoms with Crippen LogP contribution in [0.3, 0.4) is 0 Å². The van der Waals surface area contributed by atoms with Crippen molar-refractivity contribution in [2.75, 3.05) is 26.7 Å². The van der Waals surface area contributed by atoms with Crippen LogP contribution in [-0.2, 0) is 0 Å². The van der Waals surface area contributed by atoms with Crippen molar-refractivity contribution in [3.05, 3.63) is 29.8 Å². The Morgan fingerprint density at radius 3 is 2.19 bits per heavy atom. The van der Waals surface area contributed by atoms with Gasteiger partial charge in [-0.2, -0.15) is 0 Å². The molecule has 0 radical (unpaired) electrons. The second-order valence-electron chi connectivity index (χ2n) is 6.52. The molecular weight excluding hydrogens is 260 g/mol. The Morgan fingerprint density at radius 1 is 1.05 bits per heavy atom. The van der Waals surface area contributed by atoms with E-state index in [2.05, 4.69) is 76.1 Å². The summed E-state index contributed by atoms with van der Waals surface area (Å²) in [6, 6.07) is 9.40. The van der Waals surface area contributed by atoms with Crippen LogP contribution < -0.4 is 10.1 Å². The topological polar surface area (TPSA) is 24.5 Å². The highest BCUT2D eigenvalue weighted by Gasteiger charge is 2.07. The zero-order valence-electron chi connectivity index (χ0n) is 14.5. The molecule has 120 valence electrons. The first-order chi connectivity index (χ1) is 9.90. The van der Waals surface area contributed by atoms with Crippen molar-refractivity contribution < 1.29 is 4.74 Å². The van der Waals surface area contributed by atoms with E-state index in [1.54, 1.807) is 0 Å². The molecule has 1 unspecified atom stereocenters. The third-order valence-corrected chi connectivity index (χ3v) is 3.76. The number of nitrogens with zero attached hydrogens (tertiary/aromatic N) is 1. The summed E-state index contributed by atoms with van der Waals surface area (Å²) >= 11 is 0. The minimum Gasteiger partial charge on any atom is -0.493 e. The molecule has 0 saturated carbocycles. The summed E-state index contributed by atoms with van der Waals surface area (Å²) in [7, 11) is 2.16. The van der Waals surface area contributed by atoms with Crippen molar-refractivity contribution in [3.63, 3.8) is 0 Å². The van der Waals surface area contributed by atoms with E-state index in [1.165, 1.54) is 5.56 Å². The largest absolute Gasteiger partial charge is 0.493 e. The predicted octanol–water partition coefficient (Wildman–Crippen LogP) is 3.71. The summed E-state index contributed by atoms with van der Waals surface area (Å²) in [5.74, 6) is 1.52. The molecule has 0 aliphatic rings. The lowest BCUT2D eigenvalue weighted by molar-refractivity contribution is 0.269. The Morgan fingerprint density at radius 2 is 1.67 bits per heavy atom. The molecule has 0 amide bonds. The lowest BCUT2D eigenvalue weighted by atomic mass is 10.1. The number of hydrogen-bond acceptors (Lipinski definition) is 3. The fraction of sp³-hybridized carbons (Fsp3) is 0.667. The van der Waals surface area contributed by atoms with Gasteiger partial charge in [0.05, 0.1) is 6.61 Å². The first-order valence-corrected chi connectivity index (χ1v) is 8.06. The van der Waals surface area contributed by atoms with Gasteiger partial charge in [0.1, 0.15) is 5.75 Å². The van der Waals surface area contributed by atoms with Crippen LogP contribution in [0.25, 0.3) is 0 Å². The average molecular weight is 292 g/mol. The molecule has 1 atom stereocenters. The van der Waals surface area contributed by atoms with Crippen LogP contribution in [-0.4, -0.2) is 37.7 Å². The fourth-order valence-corrected chi connectivity index (χ4v) is 1.95. The van der Waals surface area contributed by atoms with E-state index in [1.807, 2.05) is 0 Å². The quantitative estimate of drug-likeness (QED) is 0.751. The molecule has 0 aliphatic carbocycles. The van der Waals surface area contributed by atoms with Crippen LogP contribution in [0.2, 0.25) is 0 Å². The van der Waals surface area contributed by atoms with Crippen LogP contribution in [0.1, 0.15) is 46.2 Å². The van der Waals surface area contributed by atoms with E-state index >= 15 is 0 Å². The maximum absolute atomic E-state index is 5.71. The lowest BCUT2D eigenvalue weighted by Gasteiger charge is -2.22. The van der Waals surface area contributed by atoms with Crippen molar-refractivity contribution in [1.82, 2.24) is 10.2 Å². The molecule has 1 rings (SSSR count). The van der Waals surface area contributed by atoms with Gasteiger partial charge >= 0.3 is 0 Å². The number of rotatable bonds is 9. The van der Waals surface area contributed by atoms with Gasteiger partial charge in [-0.05, 0) is 51.4 Å². The maximum Gasteiger partial charge on any atom is 0.119 e. The van der Waals surface area contributed by atoms with Gasteiger partial charge in [0.2, 0.25) is 0 Å². The molecule has 1 N–H and O–H groups in total. The number of nitrogens with one attached hydrogen (secondary N) is 1. The Hall–Kier alpha value is -1.06. The Balaban J connectivity index is 2.38. The minimum absolute atomic E-state index is 0.365. The van der Waals surface area contributed by atoms with Crippen LogP contribution in [0.4, 0.5) is 0 Å². The molecular formula is C18H32N2O. The number of likely N-dealkylation sites (N-methyl/N-ethyl adjacent to an activating group) is 1. The molecule has 0 aliphatic heterocycles. The third-order valence-electron chi connectivity index (χ3n) is 3.76. The normalized spacial score (nSPS) is 13.2. The first-order valence-electron chi connectivity index (χ1n) is 8.06. The van der Waals surface area contributed by atoms with Crippen molar-refractivity contribution in [2.24, 2.45) is 5.92 Å². The molecule has 0 heterocycles. The van der Waals surface area contributed by atoms with E-state index in [4.69, 9.17) is 4.74 Å². The molecule has 21 heavy (non-hydrogen) atoms. The van der Waals surface area contributed by atoms with E-state index < -0.39 is 0 Å². The zero-order valence-corrected chi connectivity index (χ0v) is 14.5. The summed E-state index contributed by atoms with van der Waals surface area (Å²) in [5.41, 5.74) is 1.30. The van der Waals surface area contributed by atoms with E-state index in [0.29, 0.717) is 18.0 Å². The van der Waals surface area contributed by atoms with E-state index in [-0.39, 0.29) is 0 Å². The summed E-state index contributed by atoms with van der Waals surface area (Å²) in [6.07, 6.45) is 0. The molecule has 3 nitrogen and oxygen atoms in total. The average Bonchev–Trinajstić information content (AvgIpc) is 2.45. The molecule has 3 heteroatoms. The lowest BCUT2D eigenvalue weighted by Crippen LogP contribution is -2.34. The van der Waals surface area contributed by atoms with E-state index in [9.17, 15) is 0 Å². The highest BCUT2D eigenvalue weighted by Crippen LogP contribution is 2.18. The Labute approximate surface area is 130 Å². The van der Waals surface area contributed by atoms with Crippen molar-refractivity contribution in [2.45, 2.75) is 46.7 Å².